The van der Waals surface area contributed by atoms with E-state index in [9.17, 15) is 24.0 Å². The van der Waals surface area contributed by atoms with E-state index in [-0.39, 0.29) is 17.7 Å². The van der Waals surface area contributed by atoms with Crippen LogP contribution in [0.2, 0.25) is 0 Å². The normalized spacial score (nSPS) is 13.0. The second-order valence-electron chi connectivity index (χ2n) is 15.0. The molecule has 48 heavy (non-hydrogen) atoms. The number of alkyl carbamates (subject to hydrolysis) is 3. The van der Waals surface area contributed by atoms with Crippen LogP contribution in [-0.4, -0.2) is 92.2 Å². The Hall–Kier alpha value is -3.29. The highest BCUT2D eigenvalue weighted by Gasteiger charge is 2.24. The molecule has 0 aromatic carbocycles. The highest BCUT2D eigenvalue weighted by atomic mass is 16.6. The molecule has 0 spiro atoms. The van der Waals surface area contributed by atoms with Crippen LogP contribution in [0.3, 0.4) is 0 Å². The van der Waals surface area contributed by atoms with E-state index >= 15 is 0 Å². The first kappa shape index (κ1) is 44.7. The van der Waals surface area contributed by atoms with E-state index in [1.165, 1.54) is 0 Å². The van der Waals surface area contributed by atoms with Crippen molar-refractivity contribution in [3.05, 3.63) is 0 Å². The SMILES string of the molecule is C[C@H](CCCCNC(=O)OC(C)(C)C)C(=O)NCCCNCCCNC(=O)[C@@H](CCCCNC(=O)OC(C)(C)C)NC(=O)OC(C)(C)C. The number of ether oxygens (including phenoxy) is 3. The van der Waals surface area contributed by atoms with E-state index in [1.807, 2.05) is 27.7 Å². The molecule has 0 rings (SSSR count). The van der Waals surface area contributed by atoms with Gasteiger partial charge in [-0.1, -0.05) is 13.3 Å². The summed E-state index contributed by atoms with van der Waals surface area (Å²) in [5.74, 6) is -0.380. The van der Waals surface area contributed by atoms with Crippen LogP contribution in [0.5, 0.6) is 0 Å². The Morgan fingerprint density at radius 1 is 0.479 bits per heavy atom. The smallest absolute Gasteiger partial charge is 0.408 e. The third kappa shape index (κ3) is 27.8. The molecule has 5 amide bonds. The Bertz CT molecular complexity index is 972. The van der Waals surface area contributed by atoms with Crippen molar-refractivity contribution < 1.29 is 38.2 Å². The lowest BCUT2D eigenvalue weighted by Gasteiger charge is -2.23. The number of unbranched alkanes of at least 4 members (excludes halogenated alkanes) is 2. The van der Waals surface area contributed by atoms with Crippen molar-refractivity contribution in [3.8, 4) is 0 Å². The van der Waals surface area contributed by atoms with Crippen molar-refractivity contribution in [2.75, 3.05) is 39.3 Å². The fourth-order valence-electron chi connectivity index (χ4n) is 4.18. The molecule has 0 aromatic rings. The Morgan fingerprint density at radius 2 is 0.875 bits per heavy atom. The van der Waals surface area contributed by atoms with Crippen LogP contribution >= 0.6 is 0 Å². The Kier molecular flexibility index (Phi) is 21.5. The molecule has 2 atom stereocenters. The molecule has 0 aliphatic rings. The maximum Gasteiger partial charge on any atom is 0.408 e. The molecule has 0 radical (unpaired) electrons. The summed E-state index contributed by atoms with van der Waals surface area (Å²) in [6.45, 7) is 21.3. The second-order valence-corrected chi connectivity index (χ2v) is 15.0. The van der Waals surface area contributed by atoms with E-state index in [4.69, 9.17) is 14.2 Å². The molecule has 0 aromatic heterocycles. The maximum atomic E-state index is 12.9. The van der Waals surface area contributed by atoms with Crippen LogP contribution in [-0.2, 0) is 23.8 Å². The zero-order valence-electron chi connectivity index (χ0n) is 31.3. The average molecular weight is 687 g/mol. The predicted octanol–water partition coefficient (Wildman–Crippen LogP) is 4.51. The van der Waals surface area contributed by atoms with Gasteiger partial charge in [0.1, 0.15) is 22.8 Å². The minimum atomic E-state index is -0.769. The molecule has 0 bridgehead atoms. The van der Waals surface area contributed by atoms with Gasteiger partial charge in [-0.15, -0.1) is 0 Å². The van der Waals surface area contributed by atoms with Crippen molar-refractivity contribution >= 4 is 30.1 Å². The van der Waals surface area contributed by atoms with E-state index in [1.54, 1.807) is 41.5 Å². The summed E-state index contributed by atoms with van der Waals surface area (Å²) >= 11 is 0. The molecule has 0 unspecified atom stereocenters. The van der Waals surface area contributed by atoms with Gasteiger partial charge in [-0.25, -0.2) is 14.4 Å². The van der Waals surface area contributed by atoms with Crippen molar-refractivity contribution in [1.82, 2.24) is 31.9 Å². The molecule has 6 N–H and O–H groups in total. The predicted molar refractivity (Wildman–Crippen MR) is 187 cm³/mol. The van der Waals surface area contributed by atoms with Gasteiger partial charge in [0, 0.05) is 32.1 Å². The van der Waals surface area contributed by atoms with Crippen molar-refractivity contribution in [1.29, 1.82) is 0 Å². The third-order valence-corrected chi connectivity index (χ3v) is 6.43. The van der Waals surface area contributed by atoms with E-state index in [0.717, 1.165) is 32.2 Å². The van der Waals surface area contributed by atoms with Crippen molar-refractivity contribution in [2.45, 2.75) is 143 Å². The number of carbonyl (C=O) groups is 5. The molecule has 0 saturated heterocycles. The Labute approximate surface area is 288 Å². The number of carbonyl (C=O) groups excluding carboxylic acids is 5. The molecule has 0 fully saturated rings. The maximum absolute atomic E-state index is 12.9. The van der Waals surface area contributed by atoms with Gasteiger partial charge in [0.2, 0.25) is 11.8 Å². The van der Waals surface area contributed by atoms with Crippen LogP contribution < -0.4 is 31.9 Å². The van der Waals surface area contributed by atoms with Gasteiger partial charge in [0.25, 0.3) is 0 Å². The Morgan fingerprint density at radius 3 is 1.33 bits per heavy atom. The molecule has 280 valence electrons. The average Bonchev–Trinajstić information content (AvgIpc) is 2.91. The van der Waals surface area contributed by atoms with Gasteiger partial charge >= 0.3 is 18.3 Å². The molecule has 0 aliphatic carbocycles. The third-order valence-electron chi connectivity index (χ3n) is 6.43. The van der Waals surface area contributed by atoms with E-state index in [2.05, 4.69) is 31.9 Å². The number of amides is 5. The molecular formula is C34H66N6O8. The highest BCUT2D eigenvalue weighted by molar-refractivity contribution is 5.85. The number of nitrogens with one attached hydrogen (secondary N) is 6. The van der Waals surface area contributed by atoms with Gasteiger partial charge in [-0.05, 0) is 120 Å². The summed E-state index contributed by atoms with van der Waals surface area (Å²) in [5, 5.41) is 17.3. The van der Waals surface area contributed by atoms with Crippen molar-refractivity contribution in [3.63, 3.8) is 0 Å². The lowest BCUT2D eigenvalue weighted by Crippen LogP contribution is -2.48. The summed E-state index contributed by atoms with van der Waals surface area (Å²) in [6, 6.07) is -0.769. The summed E-state index contributed by atoms with van der Waals surface area (Å²) < 4.78 is 15.8. The van der Waals surface area contributed by atoms with Gasteiger partial charge in [0.15, 0.2) is 0 Å². The Balaban J connectivity index is 4.22. The lowest BCUT2D eigenvalue weighted by atomic mass is 10.0. The fourth-order valence-corrected chi connectivity index (χ4v) is 4.18. The van der Waals surface area contributed by atoms with Crippen LogP contribution in [0.25, 0.3) is 0 Å². The zero-order valence-corrected chi connectivity index (χ0v) is 31.3. The van der Waals surface area contributed by atoms with Crippen LogP contribution in [0.15, 0.2) is 0 Å². The molecule has 14 nitrogen and oxygen atoms in total. The van der Waals surface area contributed by atoms with Crippen molar-refractivity contribution in [2.24, 2.45) is 5.92 Å². The zero-order chi connectivity index (χ0) is 36.8. The summed E-state index contributed by atoms with van der Waals surface area (Å²) in [5.41, 5.74) is -1.80. The minimum absolute atomic E-state index is 0.0201. The summed E-state index contributed by atoms with van der Waals surface area (Å²) in [4.78, 5) is 61.1. The van der Waals surface area contributed by atoms with Gasteiger partial charge in [0.05, 0.1) is 0 Å². The topological polar surface area (TPSA) is 185 Å². The van der Waals surface area contributed by atoms with Crippen LogP contribution in [0.4, 0.5) is 14.4 Å². The van der Waals surface area contributed by atoms with Gasteiger partial charge < -0.3 is 46.1 Å². The number of rotatable bonds is 21. The van der Waals surface area contributed by atoms with Gasteiger partial charge in [-0.2, -0.15) is 0 Å². The quantitative estimate of drug-likeness (QED) is 0.0747. The largest absolute Gasteiger partial charge is 0.444 e. The monoisotopic (exact) mass is 686 g/mol. The number of hydrogen-bond acceptors (Lipinski definition) is 9. The van der Waals surface area contributed by atoms with E-state index < -0.39 is 41.1 Å². The second kappa shape index (κ2) is 23.1. The standard InChI is InChI=1S/C34H66N6O8/c1-25(17-11-13-21-38-29(43)46-32(2,3)4)27(41)36-23-15-19-35-20-16-24-37-28(42)26(40-31(45)48-34(8,9)10)18-12-14-22-39-30(44)47-33(5,6)7/h25-26,35H,11-24H2,1-10H3,(H,36,41)(H,37,42)(H,38,43)(H,39,44)(H,40,45)/t25-,26-/m1/s1. The summed E-state index contributed by atoms with van der Waals surface area (Å²) in [6.07, 6.45) is 3.81. The lowest BCUT2D eigenvalue weighted by molar-refractivity contribution is -0.125. The molecule has 0 aliphatic heterocycles. The minimum Gasteiger partial charge on any atom is -0.444 e. The van der Waals surface area contributed by atoms with E-state index in [0.29, 0.717) is 58.4 Å². The summed E-state index contributed by atoms with van der Waals surface area (Å²) in [7, 11) is 0. The molecular weight excluding hydrogens is 620 g/mol. The fraction of sp³-hybridized carbons (Fsp3) is 0.853. The first-order chi connectivity index (χ1) is 22.2. The van der Waals surface area contributed by atoms with Crippen LogP contribution in [0, 0.1) is 5.92 Å². The highest BCUT2D eigenvalue weighted by Crippen LogP contribution is 2.11. The van der Waals surface area contributed by atoms with Crippen LogP contribution in [0.1, 0.15) is 121 Å². The molecule has 0 heterocycles. The number of hydrogen-bond donors (Lipinski definition) is 6. The molecule has 14 heteroatoms. The van der Waals surface area contributed by atoms with Gasteiger partial charge in [-0.3, -0.25) is 9.59 Å². The first-order valence-corrected chi connectivity index (χ1v) is 17.4. The molecule has 0 saturated carbocycles. The first-order valence-electron chi connectivity index (χ1n) is 17.4.